The molecule has 0 N–H and O–H groups in total. The van der Waals surface area contributed by atoms with Crippen LogP contribution >= 0.6 is 0 Å². The molecular formula is C25H17N. The van der Waals surface area contributed by atoms with Gasteiger partial charge in [-0.05, 0) is 52.0 Å². The molecule has 0 unspecified atom stereocenters. The lowest BCUT2D eigenvalue weighted by Gasteiger charge is -2.40. The second kappa shape index (κ2) is 4.92. The van der Waals surface area contributed by atoms with Crippen molar-refractivity contribution in [3.05, 3.63) is 113 Å². The van der Waals surface area contributed by atoms with Crippen LogP contribution in [0.25, 0.3) is 11.1 Å². The second-order valence-corrected chi connectivity index (χ2v) is 7.11. The van der Waals surface area contributed by atoms with Gasteiger partial charge in [-0.2, -0.15) is 0 Å². The van der Waals surface area contributed by atoms with Crippen LogP contribution in [0.3, 0.4) is 0 Å². The van der Waals surface area contributed by atoms with Crippen molar-refractivity contribution in [1.82, 2.24) is 0 Å². The fraction of sp³-hybridized carbons (Fsp3) is 0.0800. The summed E-state index contributed by atoms with van der Waals surface area (Å²) in [5.41, 5.74) is 9.98. The molecule has 1 spiro atoms. The molecule has 0 bridgehead atoms. The number of rotatable bonds is 0. The van der Waals surface area contributed by atoms with Crippen LogP contribution in [0.2, 0.25) is 0 Å². The Labute approximate surface area is 153 Å². The predicted octanol–water partition coefficient (Wildman–Crippen LogP) is 5.97. The van der Waals surface area contributed by atoms with Crippen LogP contribution in [-0.2, 0) is 5.41 Å². The van der Waals surface area contributed by atoms with Crippen molar-refractivity contribution in [2.45, 2.75) is 11.8 Å². The summed E-state index contributed by atoms with van der Waals surface area (Å²) >= 11 is 0. The third-order valence-electron chi connectivity index (χ3n) is 5.92. The highest BCUT2D eigenvalue weighted by atomic mass is 14.8. The van der Waals surface area contributed by atoms with Crippen LogP contribution in [0.15, 0.2) is 102 Å². The molecule has 1 heteroatoms. The summed E-state index contributed by atoms with van der Waals surface area (Å²) in [6.07, 6.45) is 7.73. The fourth-order valence-electron chi connectivity index (χ4n) is 4.98. The van der Waals surface area contributed by atoms with Gasteiger partial charge in [0, 0.05) is 0 Å². The van der Waals surface area contributed by atoms with Crippen molar-refractivity contribution in [1.29, 1.82) is 0 Å². The zero-order valence-electron chi connectivity index (χ0n) is 14.3. The third kappa shape index (κ3) is 1.54. The van der Waals surface area contributed by atoms with Crippen LogP contribution in [0.4, 0.5) is 5.69 Å². The SMILES string of the molecule is C1=CC2=Nc3ccccc3C3(C2=CC1)c1ccccc1-c1ccccc13. The van der Waals surface area contributed by atoms with E-state index in [4.69, 9.17) is 4.99 Å². The maximum atomic E-state index is 4.99. The molecule has 0 saturated carbocycles. The highest BCUT2D eigenvalue weighted by Gasteiger charge is 2.50. The second-order valence-electron chi connectivity index (χ2n) is 7.11. The molecular weight excluding hydrogens is 314 g/mol. The van der Waals surface area contributed by atoms with Gasteiger partial charge in [0.1, 0.15) is 0 Å². The van der Waals surface area contributed by atoms with E-state index < -0.39 is 0 Å². The first-order chi connectivity index (χ1) is 12.9. The van der Waals surface area contributed by atoms with Gasteiger partial charge in [0.15, 0.2) is 0 Å². The molecule has 3 aromatic rings. The topological polar surface area (TPSA) is 12.4 Å². The zero-order chi connectivity index (χ0) is 17.1. The normalized spacial score (nSPS) is 17.7. The van der Waals surface area contributed by atoms with Crippen molar-refractivity contribution in [2.24, 2.45) is 4.99 Å². The lowest BCUT2D eigenvalue weighted by atomic mass is 9.63. The van der Waals surface area contributed by atoms with Gasteiger partial charge in [0.25, 0.3) is 0 Å². The largest absolute Gasteiger partial charge is 0.248 e. The lowest BCUT2D eigenvalue weighted by Crippen LogP contribution is -2.36. The Morgan fingerprint density at radius 1 is 0.692 bits per heavy atom. The molecule has 1 aliphatic heterocycles. The number of nitrogens with zero attached hydrogens (tertiary/aromatic N) is 1. The summed E-state index contributed by atoms with van der Waals surface area (Å²) in [4.78, 5) is 4.99. The molecule has 0 amide bonds. The van der Waals surface area contributed by atoms with Crippen LogP contribution in [-0.4, -0.2) is 5.71 Å². The van der Waals surface area contributed by atoms with Crippen molar-refractivity contribution >= 4 is 11.4 Å². The molecule has 3 aromatic carbocycles. The minimum atomic E-state index is -0.258. The molecule has 122 valence electrons. The Morgan fingerprint density at radius 2 is 1.31 bits per heavy atom. The third-order valence-corrected chi connectivity index (χ3v) is 5.92. The highest BCUT2D eigenvalue weighted by Crippen LogP contribution is 2.60. The first-order valence-electron chi connectivity index (χ1n) is 9.16. The molecule has 6 rings (SSSR count). The first kappa shape index (κ1) is 14.0. The highest BCUT2D eigenvalue weighted by molar-refractivity contribution is 6.16. The molecule has 2 aliphatic carbocycles. The summed E-state index contributed by atoms with van der Waals surface area (Å²) in [7, 11) is 0. The van der Waals surface area contributed by atoms with Gasteiger partial charge in [-0.3, -0.25) is 0 Å². The summed E-state index contributed by atoms with van der Waals surface area (Å²) < 4.78 is 0. The number of hydrogen-bond donors (Lipinski definition) is 0. The van der Waals surface area contributed by atoms with E-state index in [1.54, 1.807) is 0 Å². The number of allylic oxidation sites excluding steroid dienone is 4. The van der Waals surface area contributed by atoms with Crippen molar-refractivity contribution < 1.29 is 0 Å². The van der Waals surface area contributed by atoms with E-state index >= 15 is 0 Å². The van der Waals surface area contributed by atoms with E-state index in [1.807, 2.05) is 0 Å². The van der Waals surface area contributed by atoms with E-state index in [0.717, 1.165) is 17.8 Å². The predicted molar refractivity (Wildman–Crippen MR) is 107 cm³/mol. The van der Waals surface area contributed by atoms with E-state index in [2.05, 4.69) is 91.0 Å². The van der Waals surface area contributed by atoms with E-state index in [1.165, 1.54) is 33.4 Å². The van der Waals surface area contributed by atoms with Crippen molar-refractivity contribution in [3.63, 3.8) is 0 Å². The Balaban J connectivity index is 1.84. The van der Waals surface area contributed by atoms with E-state index in [-0.39, 0.29) is 5.41 Å². The fourth-order valence-corrected chi connectivity index (χ4v) is 4.98. The Morgan fingerprint density at radius 3 is 2.04 bits per heavy atom. The van der Waals surface area contributed by atoms with E-state index in [9.17, 15) is 0 Å². The number of para-hydroxylation sites is 1. The van der Waals surface area contributed by atoms with Gasteiger partial charge < -0.3 is 0 Å². The average Bonchev–Trinajstić information content (AvgIpc) is 3.00. The minimum Gasteiger partial charge on any atom is -0.248 e. The monoisotopic (exact) mass is 331 g/mol. The Hall–Kier alpha value is -3.19. The number of benzene rings is 3. The van der Waals surface area contributed by atoms with Crippen LogP contribution < -0.4 is 0 Å². The molecule has 1 nitrogen and oxygen atoms in total. The summed E-state index contributed by atoms with van der Waals surface area (Å²) in [5, 5.41) is 0. The number of hydrogen-bond acceptors (Lipinski definition) is 1. The standard InChI is InChI=1S/C25H17N/c1-3-11-19-17(9-1)18-10-2-4-12-20(18)25(19)21-13-5-7-15-23(21)26-24-16-8-6-14-22(24)25/h1-5,7-16H,6H2. The van der Waals surface area contributed by atoms with Gasteiger partial charge in [-0.1, -0.05) is 78.9 Å². The average molecular weight is 331 g/mol. The van der Waals surface area contributed by atoms with Gasteiger partial charge in [-0.15, -0.1) is 0 Å². The van der Waals surface area contributed by atoms with E-state index in [0.29, 0.717) is 0 Å². The van der Waals surface area contributed by atoms with Gasteiger partial charge >= 0.3 is 0 Å². The summed E-state index contributed by atoms with van der Waals surface area (Å²) in [6.45, 7) is 0. The van der Waals surface area contributed by atoms with Gasteiger partial charge in [0.2, 0.25) is 0 Å². The quantitative estimate of drug-likeness (QED) is 0.481. The first-order valence-corrected chi connectivity index (χ1v) is 9.16. The maximum Gasteiger partial charge on any atom is 0.0752 e. The van der Waals surface area contributed by atoms with Crippen LogP contribution in [0, 0.1) is 0 Å². The van der Waals surface area contributed by atoms with Crippen molar-refractivity contribution in [2.75, 3.05) is 0 Å². The maximum absolute atomic E-state index is 4.99. The van der Waals surface area contributed by atoms with Gasteiger partial charge in [0.05, 0.1) is 16.8 Å². The lowest BCUT2D eigenvalue weighted by molar-refractivity contribution is 0.764. The minimum absolute atomic E-state index is 0.258. The Bertz CT molecular complexity index is 1110. The molecule has 3 aliphatic rings. The zero-order valence-corrected chi connectivity index (χ0v) is 14.3. The van der Waals surface area contributed by atoms with Crippen LogP contribution in [0.1, 0.15) is 23.1 Å². The summed E-state index contributed by atoms with van der Waals surface area (Å²) in [6, 6.07) is 26.4. The molecule has 0 saturated heterocycles. The van der Waals surface area contributed by atoms with Crippen molar-refractivity contribution in [3.8, 4) is 11.1 Å². The van der Waals surface area contributed by atoms with Crippen LogP contribution in [0.5, 0.6) is 0 Å². The Kier molecular flexibility index (Phi) is 2.66. The smallest absolute Gasteiger partial charge is 0.0752 e. The molecule has 0 aromatic heterocycles. The summed E-state index contributed by atoms with van der Waals surface area (Å²) in [5.74, 6) is 0. The molecule has 0 radical (unpaired) electrons. The molecule has 1 heterocycles. The number of aliphatic imine (C=N–C) groups is 1. The molecule has 0 fully saturated rings. The van der Waals surface area contributed by atoms with Gasteiger partial charge in [-0.25, -0.2) is 4.99 Å². The molecule has 0 atom stereocenters. The molecule has 26 heavy (non-hydrogen) atoms. The number of fused-ring (bicyclic) bond motifs is 9.